The zero-order valence-corrected chi connectivity index (χ0v) is 11.3. The zero-order valence-electron chi connectivity index (χ0n) is 11.3. The van der Waals surface area contributed by atoms with Crippen LogP contribution in [0.4, 0.5) is 0 Å². The molecule has 94 valence electrons. The van der Waals surface area contributed by atoms with Gasteiger partial charge in [-0.3, -0.25) is 9.59 Å². The summed E-state index contributed by atoms with van der Waals surface area (Å²) in [5.74, 6) is 0.238. The summed E-state index contributed by atoms with van der Waals surface area (Å²) in [5.41, 5.74) is 0. The molecule has 0 aromatic heterocycles. The van der Waals surface area contributed by atoms with Crippen molar-refractivity contribution in [1.29, 1.82) is 0 Å². The smallest absolute Gasteiger partial charge is 0.152 e. The van der Waals surface area contributed by atoms with Crippen LogP contribution in [0, 0.1) is 11.8 Å². The molecule has 0 amide bonds. The molecule has 0 fully saturated rings. The summed E-state index contributed by atoms with van der Waals surface area (Å²) < 4.78 is 0. The molecule has 0 spiro atoms. The van der Waals surface area contributed by atoms with Crippen LogP contribution in [0.1, 0.15) is 48.0 Å². The second-order valence-corrected chi connectivity index (χ2v) is 5.26. The number of ketones is 2. The first kappa shape index (κ1) is 15.3. The minimum atomic E-state index is -0.324. The number of carbonyl (C=O) groups excluding carboxylic acids is 2. The van der Waals surface area contributed by atoms with Gasteiger partial charge in [0.15, 0.2) is 5.78 Å². The maximum atomic E-state index is 11.9. The Morgan fingerprint density at radius 3 is 1.75 bits per heavy atom. The first-order chi connectivity index (χ1) is 7.25. The molecule has 0 aromatic carbocycles. The molecule has 0 aliphatic heterocycles. The van der Waals surface area contributed by atoms with Crippen molar-refractivity contribution in [1.82, 2.24) is 5.32 Å². The Kier molecular flexibility index (Phi) is 6.49. The molecule has 1 atom stereocenters. The molecule has 0 aliphatic rings. The van der Waals surface area contributed by atoms with Crippen molar-refractivity contribution in [3.05, 3.63) is 0 Å². The Morgan fingerprint density at radius 2 is 1.44 bits per heavy atom. The van der Waals surface area contributed by atoms with Crippen molar-refractivity contribution >= 4 is 11.6 Å². The molecule has 0 unspecified atom stereocenters. The van der Waals surface area contributed by atoms with Gasteiger partial charge in [-0.2, -0.15) is 0 Å². The van der Waals surface area contributed by atoms with E-state index in [-0.39, 0.29) is 35.5 Å². The van der Waals surface area contributed by atoms with E-state index in [0.717, 1.165) is 0 Å². The molecule has 0 saturated carbocycles. The van der Waals surface area contributed by atoms with Crippen LogP contribution >= 0.6 is 0 Å². The number of carbonyl (C=O) groups is 2. The van der Waals surface area contributed by atoms with Gasteiger partial charge in [0.25, 0.3) is 0 Å². The van der Waals surface area contributed by atoms with Crippen LogP contribution in [0.2, 0.25) is 0 Å². The molecule has 0 bridgehead atoms. The summed E-state index contributed by atoms with van der Waals surface area (Å²) in [4.78, 5) is 23.6. The van der Waals surface area contributed by atoms with Gasteiger partial charge < -0.3 is 5.32 Å². The molecular formula is C13H25NO2. The lowest BCUT2D eigenvalue weighted by Gasteiger charge is -2.22. The van der Waals surface area contributed by atoms with Gasteiger partial charge in [0.05, 0.1) is 6.04 Å². The molecule has 1 N–H and O–H groups in total. The molecule has 3 heteroatoms. The minimum absolute atomic E-state index is 0.00331. The Labute approximate surface area is 99.0 Å². The van der Waals surface area contributed by atoms with Crippen LogP contribution in [0.25, 0.3) is 0 Å². The average molecular weight is 227 g/mol. The second-order valence-electron chi connectivity index (χ2n) is 5.26. The highest BCUT2D eigenvalue weighted by Gasteiger charge is 2.25. The van der Waals surface area contributed by atoms with E-state index in [1.165, 1.54) is 0 Å². The lowest BCUT2D eigenvalue weighted by molar-refractivity contribution is -0.129. The fourth-order valence-corrected chi connectivity index (χ4v) is 1.48. The Morgan fingerprint density at radius 1 is 0.938 bits per heavy atom. The van der Waals surface area contributed by atoms with Crippen LogP contribution in [0.15, 0.2) is 0 Å². The summed E-state index contributed by atoms with van der Waals surface area (Å²) in [5, 5.41) is 3.18. The highest BCUT2D eigenvalue weighted by atomic mass is 16.1. The SMILES string of the molecule is CC(C)N[C@H](CC(=O)C(C)C)C(=O)C(C)C. The normalized spacial score (nSPS) is 13.6. The maximum Gasteiger partial charge on any atom is 0.152 e. The number of nitrogens with one attached hydrogen (secondary N) is 1. The van der Waals surface area contributed by atoms with E-state index >= 15 is 0 Å². The average Bonchev–Trinajstić information content (AvgIpc) is 2.14. The number of hydrogen-bond acceptors (Lipinski definition) is 3. The molecule has 0 saturated heterocycles. The van der Waals surface area contributed by atoms with Gasteiger partial charge in [-0.25, -0.2) is 0 Å². The number of Topliss-reactive ketones (excluding diaryl/α,β-unsaturated/α-hetero) is 2. The third-order valence-electron chi connectivity index (χ3n) is 2.50. The molecule has 16 heavy (non-hydrogen) atoms. The standard InChI is InChI=1S/C13H25NO2/c1-8(2)12(15)7-11(14-10(5)6)13(16)9(3)4/h8-11,14H,7H2,1-6H3/t11-/m1/s1. The van der Waals surface area contributed by atoms with Crippen LogP contribution in [0.3, 0.4) is 0 Å². The number of rotatable bonds is 7. The van der Waals surface area contributed by atoms with E-state index in [2.05, 4.69) is 5.32 Å². The molecular weight excluding hydrogens is 202 g/mol. The van der Waals surface area contributed by atoms with Gasteiger partial charge in [0.2, 0.25) is 0 Å². The van der Waals surface area contributed by atoms with Crippen LogP contribution in [-0.4, -0.2) is 23.7 Å². The minimum Gasteiger partial charge on any atom is -0.305 e. The van der Waals surface area contributed by atoms with E-state index in [1.807, 2.05) is 41.5 Å². The third-order valence-corrected chi connectivity index (χ3v) is 2.50. The van der Waals surface area contributed by atoms with Gasteiger partial charge in [-0.05, 0) is 0 Å². The van der Waals surface area contributed by atoms with Gasteiger partial charge in [-0.1, -0.05) is 41.5 Å². The first-order valence-electron chi connectivity index (χ1n) is 6.08. The monoisotopic (exact) mass is 227 g/mol. The van der Waals surface area contributed by atoms with Crippen LogP contribution in [0.5, 0.6) is 0 Å². The van der Waals surface area contributed by atoms with Crippen molar-refractivity contribution in [2.24, 2.45) is 11.8 Å². The second kappa shape index (κ2) is 6.79. The van der Waals surface area contributed by atoms with Gasteiger partial charge in [0.1, 0.15) is 5.78 Å². The largest absolute Gasteiger partial charge is 0.305 e. The molecule has 0 rings (SSSR count). The van der Waals surface area contributed by atoms with Crippen molar-refractivity contribution in [2.45, 2.75) is 60.0 Å². The van der Waals surface area contributed by atoms with E-state index in [0.29, 0.717) is 6.42 Å². The van der Waals surface area contributed by atoms with Gasteiger partial charge >= 0.3 is 0 Å². The summed E-state index contributed by atoms with van der Waals surface area (Å²) in [7, 11) is 0. The van der Waals surface area contributed by atoms with E-state index in [4.69, 9.17) is 0 Å². The first-order valence-corrected chi connectivity index (χ1v) is 6.08. The third kappa shape index (κ3) is 5.40. The summed E-state index contributed by atoms with van der Waals surface area (Å²) in [6, 6.07) is -0.109. The molecule has 3 nitrogen and oxygen atoms in total. The molecule has 0 radical (unpaired) electrons. The molecule has 0 heterocycles. The fourth-order valence-electron chi connectivity index (χ4n) is 1.48. The van der Waals surface area contributed by atoms with E-state index < -0.39 is 0 Å². The highest BCUT2D eigenvalue weighted by Crippen LogP contribution is 2.09. The summed E-state index contributed by atoms with van der Waals surface area (Å²) >= 11 is 0. The Hall–Kier alpha value is -0.700. The Balaban J connectivity index is 4.55. The van der Waals surface area contributed by atoms with Gasteiger partial charge in [0, 0.05) is 24.3 Å². The maximum absolute atomic E-state index is 11.9. The predicted octanol–water partition coefficient (Wildman–Crippen LogP) is 2.19. The molecule has 0 aliphatic carbocycles. The van der Waals surface area contributed by atoms with Crippen LogP contribution in [-0.2, 0) is 9.59 Å². The summed E-state index contributed by atoms with van der Waals surface area (Å²) in [6.07, 6.45) is 0.312. The molecule has 0 aromatic rings. The fraction of sp³-hybridized carbons (Fsp3) is 0.846. The topological polar surface area (TPSA) is 46.2 Å². The van der Waals surface area contributed by atoms with Gasteiger partial charge in [-0.15, -0.1) is 0 Å². The van der Waals surface area contributed by atoms with Crippen LogP contribution < -0.4 is 5.32 Å². The van der Waals surface area contributed by atoms with Crippen molar-refractivity contribution < 1.29 is 9.59 Å². The van der Waals surface area contributed by atoms with E-state index in [1.54, 1.807) is 0 Å². The number of hydrogen-bond donors (Lipinski definition) is 1. The Bertz CT molecular complexity index is 244. The van der Waals surface area contributed by atoms with E-state index in [9.17, 15) is 9.59 Å². The quantitative estimate of drug-likeness (QED) is 0.725. The van der Waals surface area contributed by atoms with Crippen molar-refractivity contribution in [2.75, 3.05) is 0 Å². The highest BCUT2D eigenvalue weighted by molar-refractivity contribution is 5.92. The van der Waals surface area contributed by atoms with Crippen molar-refractivity contribution in [3.63, 3.8) is 0 Å². The zero-order chi connectivity index (χ0) is 12.9. The predicted molar refractivity (Wildman–Crippen MR) is 66.4 cm³/mol. The lowest BCUT2D eigenvalue weighted by atomic mass is 9.93. The lowest BCUT2D eigenvalue weighted by Crippen LogP contribution is -2.44. The van der Waals surface area contributed by atoms with Crippen molar-refractivity contribution in [3.8, 4) is 0 Å². The summed E-state index contributed by atoms with van der Waals surface area (Å²) in [6.45, 7) is 11.5.